The maximum Gasteiger partial charge on any atom is 0.125 e. The Bertz CT molecular complexity index is 301. The van der Waals surface area contributed by atoms with Crippen LogP contribution >= 0.6 is 0 Å². The van der Waals surface area contributed by atoms with E-state index < -0.39 is 0 Å². The molecule has 1 atom stereocenters. The fraction of sp³-hybridized carbons (Fsp3) is 0.455. The summed E-state index contributed by atoms with van der Waals surface area (Å²) in [6.45, 7) is 4.27. The van der Waals surface area contributed by atoms with Gasteiger partial charge in [0.15, 0.2) is 0 Å². The third-order valence-corrected chi connectivity index (χ3v) is 2.20. The molecule has 0 saturated heterocycles. The maximum atomic E-state index is 12.9. The zero-order valence-electron chi connectivity index (χ0n) is 8.55. The zero-order valence-corrected chi connectivity index (χ0v) is 8.55. The first-order chi connectivity index (χ1) is 6.63. The van der Waals surface area contributed by atoms with E-state index in [0.29, 0.717) is 13.0 Å². The monoisotopic (exact) mass is 197 g/mol. The van der Waals surface area contributed by atoms with Gasteiger partial charge in [-0.15, -0.1) is 0 Å². The number of benzene rings is 1. The largest absolute Gasteiger partial charge is 0.391 e. The number of nitrogens with one attached hydrogen (secondary N) is 1. The van der Waals surface area contributed by atoms with E-state index in [1.54, 1.807) is 6.07 Å². The molecule has 3 heteroatoms. The second-order valence-electron chi connectivity index (χ2n) is 3.40. The number of hydrogen-bond acceptors (Lipinski definition) is 2. The minimum atomic E-state index is -0.377. The van der Waals surface area contributed by atoms with Crippen molar-refractivity contribution in [2.24, 2.45) is 0 Å². The Hall–Kier alpha value is -1.09. The molecule has 0 amide bonds. The number of hydrogen-bond donors (Lipinski definition) is 2. The summed E-state index contributed by atoms with van der Waals surface area (Å²) in [5, 5.41) is 12.3. The Morgan fingerprint density at radius 2 is 2.21 bits per heavy atom. The molecule has 0 radical (unpaired) electrons. The van der Waals surface area contributed by atoms with Gasteiger partial charge in [-0.25, -0.2) is 4.39 Å². The normalized spacial score (nSPS) is 12.6. The van der Waals surface area contributed by atoms with Crippen LogP contribution in [-0.4, -0.2) is 17.8 Å². The predicted octanol–water partition coefficient (Wildman–Crippen LogP) is 2.32. The lowest BCUT2D eigenvalue weighted by molar-refractivity contribution is 0.183. The van der Waals surface area contributed by atoms with Gasteiger partial charge in [0.2, 0.25) is 0 Å². The van der Waals surface area contributed by atoms with Crippen LogP contribution in [0.2, 0.25) is 0 Å². The van der Waals surface area contributed by atoms with E-state index in [9.17, 15) is 9.50 Å². The molecule has 78 valence electrons. The first kappa shape index (κ1) is 11.0. The molecule has 0 spiro atoms. The highest BCUT2D eigenvalue weighted by atomic mass is 19.1. The van der Waals surface area contributed by atoms with E-state index in [-0.39, 0.29) is 11.9 Å². The lowest BCUT2D eigenvalue weighted by Crippen LogP contribution is -2.18. The van der Waals surface area contributed by atoms with Crippen molar-refractivity contribution in [3.05, 3.63) is 29.6 Å². The predicted molar refractivity (Wildman–Crippen MR) is 55.9 cm³/mol. The number of aryl methyl sites for hydroxylation is 1. The highest BCUT2D eigenvalue weighted by Gasteiger charge is 2.03. The van der Waals surface area contributed by atoms with Crippen molar-refractivity contribution in [3.8, 4) is 0 Å². The van der Waals surface area contributed by atoms with Crippen LogP contribution in [0.15, 0.2) is 18.2 Å². The first-order valence-electron chi connectivity index (χ1n) is 4.81. The van der Waals surface area contributed by atoms with Crippen LogP contribution in [0.5, 0.6) is 0 Å². The first-order valence-corrected chi connectivity index (χ1v) is 4.81. The van der Waals surface area contributed by atoms with E-state index >= 15 is 0 Å². The van der Waals surface area contributed by atoms with Crippen molar-refractivity contribution < 1.29 is 9.50 Å². The van der Waals surface area contributed by atoms with E-state index in [0.717, 1.165) is 11.3 Å². The summed E-state index contributed by atoms with van der Waals surface area (Å²) in [4.78, 5) is 0. The molecule has 0 aliphatic heterocycles. The summed E-state index contributed by atoms with van der Waals surface area (Å²) >= 11 is 0. The fourth-order valence-corrected chi connectivity index (χ4v) is 1.16. The van der Waals surface area contributed by atoms with Gasteiger partial charge in [-0.3, -0.25) is 0 Å². The molecular weight excluding hydrogens is 181 g/mol. The van der Waals surface area contributed by atoms with Crippen LogP contribution in [-0.2, 0) is 0 Å². The van der Waals surface area contributed by atoms with E-state index in [4.69, 9.17) is 0 Å². The number of rotatable bonds is 4. The summed E-state index contributed by atoms with van der Waals surface area (Å²) in [5.74, 6) is -0.260. The molecule has 0 fully saturated rings. The topological polar surface area (TPSA) is 32.3 Å². The van der Waals surface area contributed by atoms with Crippen LogP contribution in [0.1, 0.15) is 18.9 Å². The molecule has 1 rings (SSSR count). The third-order valence-electron chi connectivity index (χ3n) is 2.20. The number of aliphatic hydroxyl groups is 1. The SMILES string of the molecule is CC[C@H](O)CNc1cc(F)ccc1C. The Morgan fingerprint density at radius 3 is 2.86 bits per heavy atom. The summed E-state index contributed by atoms with van der Waals surface area (Å²) in [6.07, 6.45) is 0.319. The standard InChI is InChI=1S/C11H16FNO/c1-3-10(14)7-13-11-6-9(12)5-4-8(11)2/h4-6,10,13-14H,3,7H2,1-2H3/t10-/m0/s1. The molecule has 0 heterocycles. The number of anilines is 1. The number of halogens is 1. The molecule has 0 unspecified atom stereocenters. The van der Waals surface area contributed by atoms with Gasteiger partial charge in [0.05, 0.1) is 6.10 Å². The Balaban J connectivity index is 2.62. The maximum absolute atomic E-state index is 12.9. The third kappa shape index (κ3) is 3.00. The molecule has 1 aromatic carbocycles. The molecule has 0 aliphatic carbocycles. The summed E-state index contributed by atoms with van der Waals surface area (Å²) < 4.78 is 12.9. The van der Waals surface area contributed by atoms with Crippen molar-refractivity contribution in [1.29, 1.82) is 0 Å². The molecule has 0 bridgehead atoms. The van der Waals surface area contributed by atoms with Crippen molar-refractivity contribution in [3.63, 3.8) is 0 Å². The second-order valence-corrected chi connectivity index (χ2v) is 3.40. The van der Waals surface area contributed by atoms with Gasteiger partial charge >= 0.3 is 0 Å². The second kappa shape index (κ2) is 4.96. The molecule has 0 saturated carbocycles. The Kier molecular flexibility index (Phi) is 3.89. The highest BCUT2D eigenvalue weighted by Crippen LogP contribution is 2.15. The van der Waals surface area contributed by atoms with Crippen LogP contribution in [0.4, 0.5) is 10.1 Å². The molecule has 0 aliphatic rings. The fourth-order valence-electron chi connectivity index (χ4n) is 1.16. The van der Waals surface area contributed by atoms with E-state index in [1.807, 2.05) is 13.8 Å². The average Bonchev–Trinajstić information content (AvgIpc) is 2.19. The van der Waals surface area contributed by atoms with Crippen LogP contribution in [0.3, 0.4) is 0 Å². The average molecular weight is 197 g/mol. The van der Waals surface area contributed by atoms with Crippen molar-refractivity contribution in [1.82, 2.24) is 0 Å². The summed E-state index contributed by atoms with van der Waals surface area (Å²) in [7, 11) is 0. The van der Waals surface area contributed by atoms with Gasteiger partial charge in [-0.1, -0.05) is 13.0 Å². The van der Waals surface area contributed by atoms with Gasteiger partial charge < -0.3 is 10.4 Å². The van der Waals surface area contributed by atoms with Gasteiger partial charge in [0.25, 0.3) is 0 Å². The quantitative estimate of drug-likeness (QED) is 0.776. The summed E-state index contributed by atoms with van der Waals surface area (Å²) in [6, 6.07) is 4.59. The summed E-state index contributed by atoms with van der Waals surface area (Å²) in [5.41, 5.74) is 1.73. The van der Waals surface area contributed by atoms with Crippen molar-refractivity contribution in [2.75, 3.05) is 11.9 Å². The Morgan fingerprint density at radius 1 is 1.50 bits per heavy atom. The highest BCUT2D eigenvalue weighted by molar-refractivity contribution is 5.50. The molecule has 2 N–H and O–H groups in total. The lowest BCUT2D eigenvalue weighted by Gasteiger charge is -2.12. The molecule has 2 nitrogen and oxygen atoms in total. The molecule has 0 aromatic heterocycles. The minimum Gasteiger partial charge on any atom is -0.391 e. The van der Waals surface area contributed by atoms with Crippen LogP contribution in [0, 0.1) is 12.7 Å². The minimum absolute atomic E-state index is 0.260. The van der Waals surface area contributed by atoms with E-state index in [1.165, 1.54) is 12.1 Å². The zero-order chi connectivity index (χ0) is 10.6. The van der Waals surface area contributed by atoms with Crippen LogP contribution in [0.25, 0.3) is 0 Å². The van der Waals surface area contributed by atoms with Gasteiger partial charge in [-0.2, -0.15) is 0 Å². The molecule has 1 aromatic rings. The van der Waals surface area contributed by atoms with Gasteiger partial charge in [0, 0.05) is 12.2 Å². The van der Waals surface area contributed by atoms with Crippen molar-refractivity contribution >= 4 is 5.69 Å². The smallest absolute Gasteiger partial charge is 0.125 e. The van der Waals surface area contributed by atoms with Crippen molar-refractivity contribution in [2.45, 2.75) is 26.4 Å². The van der Waals surface area contributed by atoms with Gasteiger partial charge in [0.1, 0.15) is 5.82 Å². The number of aliphatic hydroxyl groups excluding tert-OH is 1. The Labute approximate surface area is 83.8 Å². The van der Waals surface area contributed by atoms with E-state index in [2.05, 4.69) is 5.32 Å². The molecule has 14 heavy (non-hydrogen) atoms. The molecular formula is C11H16FNO. The lowest BCUT2D eigenvalue weighted by atomic mass is 10.2. The van der Waals surface area contributed by atoms with Gasteiger partial charge in [-0.05, 0) is 31.0 Å². The van der Waals surface area contributed by atoms with Crippen LogP contribution < -0.4 is 5.32 Å².